The Balaban J connectivity index is 1.48. The summed E-state index contributed by atoms with van der Waals surface area (Å²) in [4.78, 5) is 12.1. The topological polar surface area (TPSA) is 72.2 Å². The number of carbonyl (C=O) groups is 1. The van der Waals surface area contributed by atoms with Gasteiger partial charge in [0.05, 0.1) is 5.75 Å². The molecule has 1 amide bonds. The second kappa shape index (κ2) is 7.95. The highest BCUT2D eigenvalue weighted by atomic mass is 35.5. The van der Waals surface area contributed by atoms with Crippen LogP contribution in [0.2, 0.25) is 5.02 Å². The van der Waals surface area contributed by atoms with Crippen molar-refractivity contribution in [3.63, 3.8) is 0 Å². The lowest BCUT2D eigenvalue weighted by Crippen LogP contribution is -2.14. The van der Waals surface area contributed by atoms with Crippen molar-refractivity contribution in [3.05, 3.63) is 71.5 Å². The predicted molar refractivity (Wildman–Crippen MR) is 107 cm³/mol. The van der Waals surface area contributed by atoms with Crippen LogP contribution < -0.4 is 5.32 Å². The fraction of sp³-hybridized carbons (Fsp3) is 0.0526. The highest BCUT2D eigenvalue weighted by Crippen LogP contribution is 2.21. The molecule has 0 bridgehead atoms. The molecule has 0 saturated heterocycles. The minimum absolute atomic E-state index is 0.156. The zero-order valence-corrected chi connectivity index (χ0v) is 15.9. The summed E-state index contributed by atoms with van der Waals surface area (Å²) >= 11 is 7.13. The van der Waals surface area contributed by atoms with Crippen molar-refractivity contribution >= 4 is 40.6 Å². The fourth-order valence-electron chi connectivity index (χ4n) is 2.50. The Hall–Kier alpha value is -2.97. The van der Waals surface area contributed by atoms with Gasteiger partial charge < -0.3 is 5.32 Å². The molecule has 4 rings (SSSR count). The number of nitrogens with one attached hydrogen (secondary N) is 1. The summed E-state index contributed by atoms with van der Waals surface area (Å²) in [6.07, 6.45) is 0. The molecule has 0 aliphatic rings. The third kappa shape index (κ3) is 4.13. The monoisotopic (exact) mass is 413 g/mol. The van der Waals surface area contributed by atoms with Crippen molar-refractivity contribution in [2.45, 2.75) is 5.03 Å². The van der Waals surface area contributed by atoms with Gasteiger partial charge >= 0.3 is 0 Å². The number of hydrogen-bond donors (Lipinski definition) is 1. The number of nitrogens with zero attached hydrogens (tertiary/aromatic N) is 4. The van der Waals surface area contributed by atoms with E-state index in [0.29, 0.717) is 32.8 Å². The van der Waals surface area contributed by atoms with Gasteiger partial charge in [-0.1, -0.05) is 23.4 Å². The number of thioether (sulfide) groups is 1. The third-order valence-corrected chi connectivity index (χ3v) is 4.99. The van der Waals surface area contributed by atoms with Crippen LogP contribution >= 0.6 is 23.4 Å². The lowest BCUT2D eigenvalue weighted by atomic mass is 10.2. The molecule has 9 heteroatoms. The van der Waals surface area contributed by atoms with E-state index >= 15 is 0 Å². The van der Waals surface area contributed by atoms with Crippen molar-refractivity contribution < 1.29 is 9.18 Å². The number of hydrogen-bond acceptors (Lipinski definition) is 5. The minimum atomic E-state index is -0.325. The maximum atomic E-state index is 13.2. The first-order valence-electron chi connectivity index (χ1n) is 8.25. The molecular formula is C19H13ClFN5OS. The van der Waals surface area contributed by atoms with Crippen molar-refractivity contribution in [1.29, 1.82) is 0 Å². The molecule has 0 radical (unpaired) electrons. The molecule has 0 atom stereocenters. The Morgan fingerprint density at radius 2 is 1.79 bits per heavy atom. The Morgan fingerprint density at radius 1 is 1.04 bits per heavy atom. The van der Waals surface area contributed by atoms with E-state index < -0.39 is 0 Å². The van der Waals surface area contributed by atoms with Crippen LogP contribution in [0.1, 0.15) is 0 Å². The van der Waals surface area contributed by atoms with Crippen LogP contribution in [0.15, 0.2) is 65.7 Å². The van der Waals surface area contributed by atoms with Crippen molar-refractivity contribution in [2.24, 2.45) is 0 Å². The van der Waals surface area contributed by atoms with Crippen LogP contribution in [0.3, 0.4) is 0 Å². The molecular weight excluding hydrogens is 401 g/mol. The number of carbonyl (C=O) groups excluding carboxylic acids is 1. The van der Waals surface area contributed by atoms with Gasteiger partial charge in [-0.05, 0) is 60.7 Å². The second-order valence-corrected chi connectivity index (χ2v) is 7.25. The minimum Gasteiger partial charge on any atom is -0.325 e. The zero-order valence-electron chi connectivity index (χ0n) is 14.3. The molecule has 2 aromatic heterocycles. The Labute approximate surface area is 168 Å². The number of aromatic nitrogens is 4. The number of benzene rings is 2. The summed E-state index contributed by atoms with van der Waals surface area (Å²) in [5.41, 5.74) is 1.94. The standard InChI is InChI=1S/C19H13ClFN5OS/c20-13-3-7-15(8-4-13)22-17(27)11-28-18-10-9-16-23-24-19(26(16)25-18)12-1-5-14(21)6-2-12/h1-10H,11H2,(H,22,27). The molecule has 0 unspecified atom stereocenters. The summed E-state index contributed by atoms with van der Waals surface area (Å²) in [5.74, 6) is 0.211. The van der Waals surface area contributed by atoms with E-state index in [-0.39, 0.29) is 17.5 Å². The lowest BCUT2D eigenvalue weighted by Gasteiger charge is -2.05. The normalized spacial score (nSPS) is 10.9. The summed E-state index contributed by atoms with van der Waals surface area (Å²) in [6.45, 7) is 0. The van der Waals surface area contributed by atoms with E-state index in [2.05, 4.69) is 20.6 Å². The van der Waals surface area contributed by atoms with E-state index in [9.17, 15) is 9.18 Å². The molecule has 4 aromatic rings. The molecule has 2 heterocycles. The molecule has 0 saturated carbocycles. The van der Waals surface area contributed by atoms with Gasteiger partial charge in [-0.15, -0.1) is 10.2 Å². The van der Waals surface area contributed by atoms with Crippen LogP contribution in [-0.2, 0) is 4.79 Å². The first-order chi connectivity index (χ1) is 13.6. The Morgan fingerprint density at radius 3 is 2.54 bits per heavy atom. The highest BCUT2D eigenvalue weighted by molar-refractivity contribution is 7.99. The van der Waals surface area contributed by atoms with E-state index in [1.54, 1.807) is 53.0 Å². The molecule has 6 nitrogen and oxygen atoms in total. The first-order valence-corrected chi connectivity index (χ1v) is 9.61. The summed E-state index contributed by atoms with van der Waals surface area (Å²) in [5, 5.41) is 16.7. The van der Waals surface area contributed by atoms with Crippen molar-refractivity contribution in [1.82, 2.24) is 19.8 Å². The fourth-order valence-corrected chi connectivity index (χ4v) is 3.28. The van der Waals surface area contributed by atoms with Crippen molar-refractivity contribution in [2.75, 3.05) is 11.1 Å². The van der Waals surface area contributed by atoms with Gasteiger partial charge in [0.15, 0.2) is 11.5 Å². The van der Waals surface area contributed by atoms with Gasteiger partial charge in [0.1, 0.15) is 10.8 Å². The van der Waals surface area contributed by atoms with Gasteiger partial charge in [0.25, 0.3) is 0 Å². The maximum Gasteiger partial charge on any atom is 0.234 e. The molecule has 140 valence electrons. The summed E-state index contributed by atoms with van der Waals surface area (Å²) < 4.78 is 14.7. The number of rotatable bonds is 5. The Bertz CT molecular complexity index is 1130. The predicted octanol–water partition coefficient (Wildman–Crippen LogP) is 4.31. The molecule has 2 aromatic carbocycles. The second-order valence-electron chi connectivity index (χ2n) is 5.82. The zero-order chi connectivity index (χ0) is 19.5. The maximum absolute atomic E-state index is 13.2. The van der Waals surface area contributed by atoms with Gasteiger partial charge in [0.2, 0.25) is 5.91 Å². The summed E-state index contributed by atoms with van der Waals surface area (Å²) in [7, 11) is 0. The summed E-state index contributed by atoms with van der Waals surface area (Å²) in [6, 6.07) is 16.4. The third-order valence-electron chi connectivity index (χ3n) is 3.82. The average molecular weight is 414 g/mol. The van der Waals surface area contributed by atoms with Crippen LogP contribution in [0.4, 0.5) is 10.1 Å². The molecule has 0 aliphatic carbocycles. The SMILES string of the molecule is O=C(CSc1ccc2nnc(-c3ccc(F)cc3)n2n1)Nc1ccc(Cl)cc1. The van der Waals surface area contributed by atoms with E-state index in [4.69, 9.17) is 11.6 Å². The Kier molecular flexibility index (Phi) is 5.23. The van der Waals surface area contributed by atoms with E-state index in [0.717, 1.165) is 0 Å². The van der Waals surface area contributed by atoms with Gasteiger partial charge in [-0.2, -0.15) is 9.61 Å². The van der Waals surface area contributed by atoms with Crippen LogP contribution in [0, 0.1) is 5.82 Å². The van der Waals surface area contributed by atoms with Crippen LogP contribution in [-0.4, -0.2) is 31.5 Å². The molecule has 28 heavy (non-hydrogen) atoms. The molecule has 0 fully saturated rings. The van der Waals surface area contributed by atoms with Crippen LogP contribution in [0.25, 0.3) is 17.0 Å². The van der Waals surface area contributed by atoms with E-state index in [1.807, 2.05) is 0 Å². The van der Waals surface area contributed by atoms with Gasteiger partial charge in [-0.3, -0.25) is 4.79 Å². The molecule has 0 aliphatic heterocycles. The van der Waals surface area contributed by atoms with E-state index in [1.165, 1.54) is 23.9 Å². The number of fused-ring (bicyclic) bond motifs is 1. The quantitative estimate of drug-likeness (QED) is 0.493. The van der Waals surface area contributed by atoms with Gasteiger partial charge in [0, 0.05) is 16.3 Å². The highest BCUT2D eigenvalue weighted by Gasteiger charge is 2.11. The number of halogens is 2. The molecule has 1 N–H and O–H groups in total. The lowest BCUT2D eigenvalue weighted by molar-refractivity contribution is -0.113. The first kappa shape index (κ1) is 18.4. The molecule has 0 spiro atoms. The average Bonchev–Trinajstić information content (AvgIpc) is 3.12. The number of amides is 1. The largest absolute Gasteiger partial charge is 0.325 e. The smallest absolute Gasteiger partial charge is 0.234 e. The van der Waals surface area contributed by atoms with Crippen LogP contribution in [0.5, 0.6) is 0 Å². The van der Waals surface area contributed by atoms with Gasteiger partial charge in [-0.25, -0.2) is 4.39 Å². The number of anilines is 1. The van der Waals surface area contributed by atoms with Crippen molar-refractivity contribution in [3.8, 4) is 11.4 Å².